The van der Waals surface area contributed by atoms with Crippen LogP contribution in [-0.2, 0) is 0 Å². The summed E-state index contributed by atoms with van der Waals surface area (Å²) in [5.41, 5.74) is 0.315. The molecule has 0 saturated carbocycles. The van der Waals surface area contributed by atoms with Crippen molar-refractivity contribution in [2.75, 3.05) is 0 Å². The number of fused-ring (bicyclic) bond motifs is 1. The van der Waals surface area contributed by atoms with Crippen LogP contribution >= 0.6 is 12.2 Å². The third-order valence-electron chi connectivity index (χ3n) is 1.84. The molecule has 0 aromatic heterocycles. The number of aliphatic imine (C=N–C) groups is 1. The number of benzene rings is 1. The monoisotopic (exact) mass is 247 g/mol. The maximum atomic E-state index is 12.8. The zero-order chi connectivity index (χ0) is 11.8. The maximum Gasteiger partial charge on any atom is 0.468 e. The SMILES string of the molecule is FC1Oc2cc(N=C=S)ccc2OC1(F)F. The molecule has 0 spiro atoms. The van der Waals surface area contributed by atoms with Crippen LogP contribution in [0, 0.1) is 0 Å². The predicted octanol–water partition coefficient (Wildman–Crippen LogP) is 3.08. The summed E-state index contributed by atoms with van der Waals surface area (Å²) < 4.78 is 46.8. The molecule has 2 rings (SSSR count). The minimum atomic E-state index is -3.98. The fourth-order valence-electron chi connectivity index (χ4n) is 1.17. The van der Waals surface area contributed by atoms with E-state index in [9.17, 15) is 13.2 Å². The standard InChI is InChI=1S/C9H4F3NO2S/c10-8-9(11,12)15-6-2-1-5(13-4-16)3-7(6)14-8/h1-3,8H. The lowest BCUT2D eigenvalue weighted by Crippen LogP contribution is -2.43. The van der Waals surface area contributed by atoms with Crippen molar-refractivity contribution in [2.45, 2.75) is 12.5 Å². The summed E-state index contributed by atoms with van der Waals surface area (Å²) in [6, 6.07) is 3.80. The Morgan fingerprint density at radius 3 is 2.81 bits per heavy atom. The molecule has 0 fully saturated rings. The van der Waals surface area contributed by atoms with E-state index < -0.39 is 12.5 Å². The fourth-order valence-corrected chi connectivity index (χ4v) is 1.27. The fraction of sp³-hybridized carbons (Fsp3) is 0.222. The zero-order valence-corrected chi connectivity index (χ0v) is 8.43. The number of thiocarbonyl (C=S) groups is 1. The molecule has 7 heteroatoms. The molecule has 1 atom stereocenters. The number of halogens is 3. The Balaban J connectivity index is 2.40. The van der Waals surface area contributed by atoms with Crippen LogP contribution in [0.25, 0.3) is 0 Å². The van der Waals surface area contributed by atoms with E-state index in [2.05, 4.69) is 31.8 Å². The van der Waals surface area contributed by atoms with Gasteiger partial charge in [0.15, 0.2) is 11.5 Å². The average molecular weight is 247 g/mol. The van der Waals surface area contributed by atoms with Gasteiger partial charge in [-0.2, -0.15) is 18.2 Å². The first-order chi connectivity index (χ1) is 7.53. The van der Waals surface area contributed by atoms with Crippen molar-refractivity contribution in [1.82, 2.24) is 0 Å². The third kappa shape index (κ3) is 1.87. The lowest BCUT2D eigenvalue weighted by atomic mass is 10.2. The number of isothiocyanates is 1. The highest BCUT2D eigenvalue weighted by Crippen LogP contribution is 2.41. The van der Waals surface area contributed by atoms with Gasteiger partial charge in [-0.1, -0.05) is 0 Å². The minimum absolute atomic E-state index is 0.148. The molecule has 0 saturated heterocycles. The van der Waals surface area contributed by atoms with Gasteiger partial charge >= 0.3 is 12.5 Å². The van der Waals surface area contributed by atoms with E-state index in [1.165, 1.54) is 18.2 Å². The first kappa shape index (κ1) is 10.9. The van der Waals surface area contributed by atoms with Crippen LogP contribution in [-0.4, -0.2) is 17.6 Å². The van der Waals surface area contributed by atoms with Gasteiger partial charge in [0, 0.05) is 6.07 Å². The highest BCUT2D eigenvalue weighted by atomic mass is 32.1. The molecule has 1 heterocycles. The van der Waals surface area contributed by atoms with Crippen molar-refractivity contribution in [3.8, 4) is 11.5 Å². The second-order valence-electron chi connectivity index (χ2n) is 2.93. The smallest absolute Gasteiger partial charge is 0.447 e. The normalized spacial score (nSPS) is 21.1. The summed E-state index contributed by atoms with van der Waals surface area (Å²) in [7, 11) is 0. The van der Waals surface area contributed by atoms with Crippen LogP contribution in [0.4, 0.5) is 18.9 Å². The average Bonchev–Trinajstić information content (AvgIpc) is 2.20. The number of alkyl halides is 3. The Morgan fingerprint density at radius 2 is 2.12 bits per heavy atom. The Hall–Kier alpha value is -1.59. The van der Waals surface area contributed by atoms with Crippen molar-refractivity contribution in [3.63, 3.8) is 0 Å². The van der Waals surface area contributed by atoms with Crippen LogP contribution in [0.1, 0.15) is 0 Å². The molecule has 0 bridgehead atoms. The first-order valence-corrected chi connectivity index (χ1v) is 4.53. The van der Waals surface area contributed by atoms with E-state index in [0.29, 0.717) is 5.69 Å². The van der Waals surface area contributed by atoms with Gasteiger partial charge in [-0.05, 0) is 24.4 Å². The van der Waals surface area contributed by atoms with E-state index in [-0.39, 0.29) is 11.5 Å². The van der Waals surface area contributed by atoms with Gasteiger partial charge in [-0.15, -0.1) is 0 Å². The summed E-state index contributed by atoms with van der Waals surface area (Å²) >= 11 is 4.37. The van der Waals surface area contributed by atoms with E-state index in [4.69, 9.17) is 0 Å². The summed E-state index contributed by atoms with van der Waals surface area (Å²) in [6.07, 6.45) is -6.83. The summed E-state index contributed by atoms with van der Waals surface area (Å²) in [5, 5.41) is 2.09. The number of rotatable bonds is 1. The number of ether oxygens (including phenoxy) is 2. The predicted molar refractivity (Wildman–Crippen MR) is 52.2 cm³/mol. The number of hydrogen-bond acceptors (Lipinski definition) is 4. The molecule has 0 aliphatic carbocycles. The molecule has 3 nitrogen and oxygen atoms in total. The first-order valence-electron chi connectivity index (χ1n) is 4.12. The Kier molecular flexibility index (Phi) is 2.57. The largest absolute Gasteiger partial charge is 0.468 e. The molecular weight excluding hydrogens is 243 g/mol. The minimum Gasteiger partial charge on any atom is -0.447 e. The maximum absolute atomic E-state index is 12.8. The Labute approximate surface area is 93.5 Å². The van der Waals surface area contributed by atoms with Crippen molar-refractivity contribution in [3.05, 3.63) is 18.2 Å². The van der Waals surface area contributed by atoms with E-state index in [1.54, 1.807) is 0 Å². The van der Waals surface area contributed by atoms with Crippen molar-refractivity contribution in [2.24, 2.45) is 4.99 Å². The van der Waals surface area contributed by atoms with Crippen molar-refractivity contribution in [1.29, 1.82) is 0 Å². The van der Waals surface area contributed by atoms with Gasteiger partial charge in [0.1, 0.15) is 0 Å². The van der Waals surface area contributed by atoms with Crippen LogP contribution in [0.3, 0.4) is 0 Å². The highest BCUT2D eigenvalue weighted by molar-refractivity contribution is 7.78. The second-order valence-corrected chi connectivity index (χ2v) is 3.11. The molecule has 84 valence electrons. The van der Waals surface area contributed by atoms with Crippen LogP contribution in [0.2, 0.25) is 0 Å². The molecular formula is C9H4F3NO2S. The quantitative estimate of drug-likeness (QED) is 0.564. The molecule has 1 aliphatic rings. The van der Waals surface area contributed by atoms with Gasteiger partial charge in [-0.25, -0.2) is 0 Å². The Morgan fingerprint density at radius 1 is 1.38 bits per heavy atom. The van der Waals surface area contributed by atoms with Crippen LogP contribution in [0.15, 0.2) is 23.2 Å². The lowest BCUT2D eigenvalue weighted by molar-refractivity contribution is -0.281. The summed E-state index contributed by atoms with van der Waals surface area (Å²) in [6.45, 7) is 0. The summed E-state index contributed by atoms with van der Waals surface area (Å²) in [5.74, 6) is -0.396. The molecule has 0 radical (unpaired) electrons. The third-order valence-corrected chi connectivity index (χ3v) is 1.93. The lowest BCUT2D eigenvalue weighted by Gasteiger charge is -2.28. The van der Waals surface area contributed by atoms with Crippen LogP contribution < -0.4 is 9.47 Å². The molecule has 1 unspecified atom stereocenters. The van der Waals surface area contributed by atoms with Gasteiger partial charge in [0.2, 0.25) is 0 Å². The van der Waals surface area contributed by atoms with Crippen LogP contribution in [0.5, 0.6) is 11.5 Å². The molecule has 0 N–H and O–H groups in total. The number of nitrogens with zero attached hydrogens (tertiary/aromatic N) is 1. The summed E-state index contributed by atoms with van der Waals surface area (Å²) in [4.78, 5) is 3.60. The van der Waals surface area contributed by atoms with Crippen molar-refractivity contribution >= 4 is 23.1 Å². The molecule has 0 amide bonds. The molecule has 1 aliphatic heterocycles. The molecule has 1 aromatic carbocycles. The van der Waals surface area contributed by atoms with Gasteiger partial charge in [-0.3, -0.25) is 0 Å². The van der Waals surface area contributed by atoms with Gasteiger partial charge < -0.3 is 9.47 Å². The van der Waals surface area contributed by atoms with E-state index in [1.807, 2.05) is 0 Å². The Bertz CT molecular complexity index is 474. The second kappa shape index (κ2) is 3.77. The topological polar surface area (TPSA) is 30.8 Å². The van der Waals surface area contributed by atoms with E-state index in [0.717, 1.165) is 0 Å². The highest BCUT2D eigenvalue weighted by Gasteiger charge is 2.49. The van der Waals surface area contributed by atoms with Crippen molar-refractivity contribution < 1.29 is 22.6 Å². The molecule has 1 aromatic rings. The van der Waals surface area contributed by atoms with E-state index >= 15 is 0 Å². The molecule has 16 heavy (non-hydrogen) atoms. The number of hydrogen-bond donors (Lipinski definition) is 0. The van der Waals surface area contributed by atoms with Gasteiger partial charge in [0.25, 0.3) is 0 Å². The van der Waals surface area contributed by atoms with Gasteiger partial charge in [0.05, 0.1) is 10.8 Å². The zero-order valence-electron chi connectivity index (χ0n) is 7.62.